The first kappa shape index (κ1) is 15.2. The Morgan fingerprint density at radius 1 is 1.47 bits per heavy atom. The smallest absolute Gasteiger partial charge is 0.0451 e. The zero-order valence-electron chi connectivity index (χ0n) is 11.7. The second kappa shape index (κ2) is 6.49. The minimum atomic E-state index is 0.0993. The molecule has 1 fully saturated rings. The Bertz CT molecular complexity index is 426. The van der Waals surface area contributed by atoms with Crippen LogP contribution in [0.3, 0.4) is 0 Å². The molecule has 1 saturated heterocycles. The second-order valence-electron chi connectivity index (χ2n) is 5.37. The van der Waals surface area contributed by atoms with Crippen LogP contribution in [0.4, 0.5) is 0 Å². The molecule has 2 rings (SSSR count). The van der Waals surface area contributed by atoms with Gasteiger partial charge in [0.25, 0.3) is 0 Å². The van der Waals surface area contributed by atoms with Gasteiger partial charge in [0, 0.05) is 28.9 Å². The number of halogens is 1. The van der Waals surface area contributed by atoms with Crippen LogP contribution >= 0.6 is 23.4 Å². The third-order valence-corrected chi connectivity index (χ3v) is 6.19. The van der Waals surface area contributed by atoms with Crippen LogP contribution in [0.5, 0.6) is 0 Å². The summed E-state index contributed by atoms with van der Waals surface area (Å²) in [7, 11) is 2.18. The summed E-state index contributed by atoms with van der Waals surface area (Å²) in [6, 6.07) is 8.08. The molecule has 1 aliphatic rings. The van der Waals surface area contributed by atoms with Crippen LogP contribution in [0, 0.1) is 0 Å². The van der Waals surface area contributed by atoms with E-state index in [4.69, 9.17) is 17.3 Å². The van der Waals surface area contributed by atoms with Crippen LogP contribution in [0.25, 0.3) is 0 Å². The first-order valence-electron chi connectivity index (χ1n) is 6.86. The van der Waals surface area contributed by atoms with Crippen molar-refractivity contribution in [3.8, 4) is 0 Å². The van der Waals surface area contributed by atoms with Gasteiger partial charge in [0.2, 0.25) is 0 Å². The molecule has 4 heteroatoms. The van der Waals surface area contributed by atoms with E-state index in [1.54, 1.807) is 0 Å². The van der Waals surface area contributed by atoms with Crippen molar-refractivity contribution in [2.45, 2.75) is 37.1 Å². The number of thioether (sulfide) groups is 1. The average molecular weight is 299 g/mol. The lowest BCUT2D eigenvalue weighted by atomic mass is 9.87. The van der Waals surface area contributed by atoms with E-state index >= 15 is 0 Å². The number of hydrogen-bond acceptors (Lipinski definition) is 3. The van der Waals surface area contributed by atoms with E-state index in [1.807, 2.05) is 30.0 Å². The lowest BCUT2D eigenvalue weighted by Crippen LogP contribution is -2.59. The van der Waals surface area contributed by atoms with E-state index < -0.39 is 0 Å². The lowest BCUT2D eigenvalue weighted by Gasteiger charge is -2.48. The quantitative estimate of drug-likeness (QED) is 0.924. The summed E-state index contributed by atoms with van der Waals surface area (Å²) in [6.45, 7) is 3.88. The molecule has 19 heavy (non-hydrogen) atoms. The van der Waals surface area contributed by atoms with E-state index in [2.05, 4.69) is 24.9 Å². The SMILES string of the molecule is CC1SCCCC1(CN)N(C)Cc1ccccc1Cl. The van der Waals surface area contributed by atoms with Crippen LogP contribution in [0.15, 0.2) is 24.3 Å². The summed E-state index contributed by atoms with van der Waals surface area (Å²) in [4.78, 5) is 2.41. The minimum absolute atomic E-state index is 0.0993. The molecule has 1 aromatic rings. The maximum absolute atomic E-state index is 6.27. The fourth-order valence-corrected chi connectivity index (χ4v) is 4.53. The zero-order chi connectivity index (χ0) is 13.9. The topological polar surface area (TPSA) is 29.3 Å². The normalized spacial score (nSPS) is 27.7. The van der Waals surface area contributed by atoms with Gasteiger partial charge in [0.15, 0.2) is 0 Å². The summed E-state index contributed by atoms with van der Waals surface area (Å²) < 4.78 is 0. The maximum atomic E-state index is 6.27. The Morgan fingerprint density at radius 2 is 2.21 bits per heavy atom. The number of likely N-dealkylation sites (N-methyl/N-ethyl adjacent to an activating group) is 1. The van der Waals surface area contributed by atoms with Gasteiger partial charge in [-0.2, -0.15) is 11.8 Å². The fraction of sp³-hybridized carbons (Fsp3) is 0.600. The monoisotopic (exact) mass is 298 g/mol. The van der Waals surface area contributed by atoms with E-state index in [9.17, 15) is 0 Å². The van der Waals surface area contributed by atoms with Crippen LogP contribution in [0.2, 0.25) is 5.02 Å². The molecule has 106 valence electrons. The van der Waals surface area contributed by atoms with Gasteiger partial charge in [0.1, 0.15) is 0 Å². The lowest BCUT2D eigenvalue weighted by molar-refractivity contribution is 0.104. The van der Waals surface area contributed by atoms with Crippen molar-refractivity contribution < 1.29 is 0 Å². The van der Waals surface area contributed by atoms with Crippen molar-refractivity contribution in [1.82, 2.24) is 4.90 Å². The molecule has 2 nitrogen and oxygen atoms in total. The summed E-state index contributed by atoms with van der Waals surface area (Å²) in [6.07, 6.45) is 2.43. The highest BCUT2D eigenvalue weighted by Gasteiger charge is 2.41. The standard InChI is InChI=1S/C15H23ClN2S/c1-12-15(11-17,8-5-9-19-12)18(2)10-13-6-3-4-7-14(13)16/h3-4,6-7,12H,5,8-11,17H2,1-2H3. The van der Waals surface area contributed by atoms with Gasteiger partial charge >= 0.3 is 0 Å². The van der Waals surface area contributed by atoms with Crippen molar-refractivity contribution >= 4 is 23.4 Å². The molecule has 0 bridgehead atoms. The molecule has 1 aromatic carbocycles. The molecule has 0 radical (unpaired) electrons. The zero-order valence-corrected chi connectivity index (χ0v) is 13.3. The van der Waals surface area contributed by atoms with E-state index in [-0.39, 0.29) is 5.54 Å². The average Bonchev–Trinajstić information content (AvgIpc) is 2.42. The van der Waals surface area contributed by atoms with Gasteiger partial charge in [0.05, 0.1) is 0 Å². The summed E-state index contributed by atoms with van der Waals surface area (Å²) in [5, 5.41) is 1.41. The van der Waals surface area contributed by atoms with Crippen LogP contribution in [-0.2, 0) is 6.54 Å². The maximum Gasteiger partial charge on any atom is 0.0451 e. The first-order chi connectivity index (χ1) is 9.10. The molecule has 0 saturated carbocycles. The van der Waals surface area contributed by atoms with Gasteiger partial charge in [-0.25, -0.2) is 0 Å². The van der Waals surface area contributed by atoms with Crippen molar-refractivity contribution in [3.63, 3.8) is 0 Å². The molecular weight excluding hydrogens is 276 g/mol. The Hall–Kier alpha value is -0.220. The predicted molar refractivity (Wildman–Crippen MR) is 85.9 cm³/mol. The number of hydrogen-bond donors (Lipinski definition) is 1. The summed E-state index contributed by atoms with van der Waals surface area (Å²) in [5.74, 6) is 1.25. The fourth-order valence-electron chi connectivity index (χ4n) is 2.96. The third kappa shape index (κ3) is 3.10. The van der Waals surface area contributed by atoms with E-state index in [0.717, 1.165) is 11.6 Å². The largest absolute Gasteiger partial charge is 0.329 e. The highest BCUT2D eigenvalue weighted by molar-refractivity contribution is 8.00. The molecule has 2 atom stereocenters. The van der Waals surface area contributed by atoms with E-state index in [0.29, 0.717) is 11.8 Å². The predicted octanol–water partition coefficient (Wildman–Crippen LogP) is 3.38. The van der Waals surface area contributed by atoms with Gasteiger partial charge in [-0.15, -0.1) is 0 Å². The van der Waals surface area contributed by atoms with Gasteiger partial charge in [-0.05, 0) is 37.3 Å². The van der Waals surface area contributed by atoms with Crippen LogP contribution < -0.4 is 5.73 Å². The molecule has 2 N–H and O–H groups in total. The van der Waals surface area contributed by atoms with Crippen molar-refractivity contribution in [1.29, 1.82) is 0 Å². The second-order valence-corrected chi connectivity index (χ2v) is 7.23. The summed E-state index contributed by atoms with van der Waals surface area (Å²) in [5.41, 5.74) is 7.42. The Kier molecular flexibility index (Phi) is 5.18. The third-order valence-electron chi connectivity index (χ3n) is 4.36. The number of rotatable bonds is 4. The molecular formula is C15H23ClN2S. The van der Waals surface area contributed by atoms with Gasteiger partial charge in [-0.1, -0.05) is 36.7 Å². The van der Waals surface area contributed by atoms with Crippen LogP contribution in [0.1, 0.15) is 25.3 Å². The van der Waals surface area contributed by atoms with Gasteiger partial charge < -0.3 is 5.73 Å². The number of benzene rings is 1. The molecule has 0 amide bonds. The highest BCUT2D eigenvalue weighted by atomic mass is 35.5. The highest BCUT2D eigenvalue weighted by Crippen LogP contribution is 2.38. The van der Waals surface area contributed by atoms with E-state index in [1.165, 1.54) is 24.2 Å². The summed E-state index contributed by atoms with van der Waals surface area (Å²) >= 11 is 8.31. The Labute approximate surface area is 125 Å². The first-order valence-corrected chi connectivity index (χ1v) is 8.29. The van der Waals surface area contributed by atoms with Crippen molar-refractivity contribution in [2.24, 2.45) is 5.73 Å². The molecule has 0 aromatic heterocycles. The molecule has 2 unspecified atom stereocenters. The minimum Gasteiger partial charge on any atom is -0.329 e. The molecule has 0 spiro atoms. The molecule has 0 aliphatic carbocycles. The number of nitrogens with zero attached hydrogens (tertiary/aromatic N) is 1. The number of nitrogens with two attached hydrogens (primary N) is 1. The Balaban J connectivity index is 2.17. The van der Waals surface area contributed by atoms with Crippen molar-refractivity contribution in [3.05, 3.63) is 34.9 Å². The van der Waals surface area contributed by atoms with Crippen molar-refractivity contribution in [2.75, 3.05) is 19.3 Å². The molecule has 1 aliphatic heterocycles. The van der Waals surface area contributed by atoms with Crippen LogP contribution in [-0.4, -0.2) is 35.0 Å². The molecule has 1 heterocycles. The Morgan fingerprint density at radius 3 is 2.84 bits per heavy atom. The van der Waals surface area contributed by atoms with Gasteiger partial charge in [-0.3, -0.25) is 4.90 Å².